The van der Waals surface area contributed by atoms with E-state index >= 15 is 0 Å². The van der Waals surface area contributed by atoms with E-state index in [9.17, 15) is 13.2 Å². The number of aryl methyl sites for hydroxylation is 1. The first-order valence-electron chi connectivity index (χ1n) is 11.4. The van der Waals surface area contributed by atoms with Crippen molar-refractivity contribution in [3.05, 3.63) is 106 Å². The fourth-order valence-corrected chi connectivity index (χ4v) is 5.43. The second kappa shape index (κ2) is 11.2. The number of aromatic nitrogens is 2. The summed E-state index contributed by atoms with van der Waals surface area (Å²) in [4.78, 5) is 6.10. The van der Waals surface area contributed by atoms with Gasteiger partial charge in [-0.25, -0.2) is 4.98 Å². The number of hydrogen-bond acceptors (Lipinski definition) is 5. The quantitative estimate of drug-likeness (QED) is 0.254. The topological polar surface area (TPSA) is 70.9 Å². The first-order valence-corrected chi connectivity index (χ1v) is 12.7. The van der Waals surface area contributed by atoms with Gasteiger partial charge in [0, 0.05) is 31.4 Å². The lowest BCUT2D eigenvalue weighted by molar-refractivity contribution is -0.138. The van der Waals surface area contributed by atoms with Gasteiger partial charge in [0.05, 0.1) is 28.5 Å². The maximum atomic E-state index is 13.9. The fourth-order valence-electron chi connectivity index (χ4n) is 4.22. The van der Waals surface area contributed by atoms with Crippen LogP contribution in [0.1, 0.15) is 39.6 Å². The second-order valence-electron chi connectivity index (χ2n) is 8.62. The molecule has 10 heteroatoms. The number of benzene rings is 2. The minimum absolute atomic E-state index is 0.0274. The number of thiophene rings is 1. The van der Waals surface area contributed by atoms with Crippen molar-refractivity contribution in [2.24, 2.45) is 5.73 Å². The molecule has 4 rings (SSSR count). The zero-order valence-corrected chi connectivity index (χ0v) is 21.6. The molecule has 4 aromatic rings. The molecular weight excluding hydrogens is 515 g/mol. The molecule has 2 aromatic heterocycles. The van der Waals surface area contributed by atoms with Crippen molar-refractivity contribution in [1.29, 1.82) is 5.26 Å². The Hall–Kier alpha value is -3.68. The molecule has 2 N–H and O–H groups in total. The van der Waals surface area contributed by atoms with Crippen LogP contribution in [0.25, 0.3) is 0 Å². The summed E-state index contributed by atoms with van der Waals surface area (Å²) in [5, 5.41) is 11.8. The van der Waals surface area contributed by atoms with Gasteiger partial charge in [0.2, 0.25) is 0 Å². The van der Waals surface area contributed by atoms with Gasteiger partial charge in [-0.15, -0.1) is 11.3 Å². The fraction of sp³-hybridized carbons (Fsp3) is 0.222. The molecule has 0 radical (unpaired) electrons. The molecule has 0 fully saturated rings. The Morgan fingerprint density at radius 2 is 1.95 bits per heavy atom. The summed E-state index contributed by atoms with van der Waals surface area (Å²) >= 11 is 6.78. The van der Waals surface area contributed by atoms with Gasteiger partial charge in [0.25, 0.3) is 0 Å². The average Bonchev–Trinajstić information content (AvgIpc) is 3.50. The van der Waals surface area contributed by atoms with Crippen molar-refractivity contribution >= 4 is 33.5 Å². The number of thiocarbonyl (C=S) groups is 1. The van der Waals surface area contributed by atoms with E-state index < -0.39 is 17.8 Å². The third-order valence-corrected chi connectivity index (χ3v) is 7.29. The first kappa shape index (κ1) is 26.4. The Kier molecular flexibility index (Phi) is 7.95. The Bertz CT molecular complexity index is 1420. The lowest BCUT2D eigenvalue weighted by atomic mass is 9.98. The second-order valence-corrected chi connectivity index (χ2v) is 9.98. The van der Waals surface area contributed by atoms with Gasteiger partial charge >= 0.3 is 6.18 Å². The predicted octanol–water partition coefficient (Wildman–Crippen LogP) is 6.27. The number of nitriles is 1. The molecule has 1 atom stereocenters. The number of hydrogen-bond donors (Lipinski definition) is 1. The van der Waals surface area contributed by atoms with Crippen LogP contribution in [0.2, 0.25) is 0 Å². The number of halogens is 3. The molecule has 1 unspecified atom stereocenters. The molecule has 0 aliphatic heterocycles. The lowest BCUT2D eigenvalue weighted by Crippen LogP contribution is -2.39. The van der Waals surface area contributed by atoms with Crippen LogP contribution in [0, 0.1) is 18.3 Å². The van der Waals surface area contributed by atoms with Crippen molar-refractivity contribution in [3.63, 3.8) is 0 Å². The average molecular weight is 540 g/mol. The van der Waals surface area contributed by atoms with Crippen LogP contribution >= 0.6 is 23.6 Å². The van der Waals surface area contributed by atoms with Gasteiger partial charge in [-0.2, -0.15) is 18.4 Å². The molecule has 37 heavy (non-hydrogen) atoms. The molecule has 190 valence electrons. The highest BCUT2D eigenvalue weighted by Crippen LogP contribution is 2.39. The molecule has 0 spiro atoms. The van der Waals surface area contributed by atoms with Crippen molar-refractivity contribution in [2.45, 2.75) is 32.1 Å². The standard InChI is InChI=1S/C27H24F3N5S2/c1-18-12-24(37-16-18)35(25(26(32)36)22-4-2-3-5-23(22)27(28,29)30)11-10-21-14-33-17-34(21)15-20-8-6-19(13-31)7-9-20/h2-9,12,14,16-17,25H,10-11,15H2,1H3,(H2,32,36). The number of imidazole rings is 1. The number of nitrogens with two attached hydrogens (primary N) is 1. The molecular formula is C27H24F3N5S2. The van der Waals surface area contributed by atoms with Gasteiger partial charge in [-0.05, 0) is 53.3 Å². The molecule has 0 saturated heterocycles. The molecule has 0 amide bonds. The van der Waals surface area contributed by atoms with E-state index in [0.717, 1.165) is 27.9 Å². The van der Waals surface area contributed by atoms with E-state index in [1.807, 2.05) is 40.0 Å². The Morgan fingerprint density at radius 3 is 2.57 bits per heavy atom. The molecule has 0 aliphatic rings. The molecule has 0 bridgehead atoms. The lowest BCUT2D eigenvalue weighted by Gasteiger charge is -2.33. The highest BCUT2D eigenvalue weighted by atomic mass is 32.1. The van der Waals surface area contributed by atoms with Gasteiger partial charge in [-0.1, -0.05) is 42.5 Å². The van der Waals surface area contributed by atoms with E-state index in [-0.39, 0.29) is 10.6 Å². The number of rotatable bonds is 9. The van der Waals surface area contributed by atoms with Crippen molar-refractivity contribution in [2.75, 3.05) is 11.4 Å². The summed E-state index contributed by atoms with van der Waals surface area (Å²) in [6.45, 7) is 2.85. The number of alkyl halides is 3. The zero-order chi connectivity index (χ0) is 26.6. The van der Waals surface area contributed by atoms with Gasteiger partial charge in [0.15, 0.2) is 0 Å². The number of anilines is 1. The molecule has 0 aliphatic carbocycles. The summed E-state index contributed by atoms with van der Waals surface area (Å²) in [5.74, 6) is 0. The Labute approximate surface area is 222 Å². The van der Waals surface area contributed by atoms with E-state index in [1.165, 1.54) is 23.5 Å². The molecule has 0 saturated carbocycles. The minimum Gasteiger partial charge on any atom is -0.391 e. The highest BCUT2D eigenvalue weighted by Gasteiger charge is 2.37. The molecule has 2 heterocycles. The van der Waals surface area contributed by atoms with Gasteiger partial charge in [0.1, 0.15) is 11.0 Å². The number of nitrogens with zero attached hydrogens (tertiary/aromatic N) is 4. The van der Waals surface area contributed by atoms with Crippen molar-refractivity contribution in [3.8, 4) is 6.07 Å². The third-order valence-electron chi connectivity index (χ3n) is 5.99. The monoisotopic (exact) mass is 539 g/mol. The van der Waals surface area contributed by atoms with Crippen molar-refractivity contribution in [1.82, 2.24) is 9.55 Å². The van der Waals surface area contributed by atoms with E-state index in [2.05, 4.69) is 11.1 Å². The van der Waals surface area contributed by atoms with Crippen molar-refractivity contribution < 1.29 is 13.2 Å². The summed E-state index contributed by atoms with van der Waals surface area (Å²) < 4.78 is 43.8. The maximum Gasteiger partial charge on any atom is 0.416 e. The smallest absolute Gasteiger partial charge is 0.391 e. The summed E-state index contributed by atoms with van der Waals surface area (Å²) in [6.07, 6.45) is -0.574. The van der Waals surface area contributed by atoms with Crippen LogP contribution in [-0.4, -0.2) is 21.1 Å². The van der Waals surface area contributed by atoms with Crippen LogP contribution in [0.15, 0.2) is 72.5 Å². The first-order chi connectivity index (χ1) is 17.7. The SMILES string of the molecule is Cc1csc(N(CCc2cncn2Cc2ccc(C#N)cc2)C(C(N)=S)c2ccccc2C(F)(F)F)c1. The van der Waals surface area contributed by atoms with E-state index in [4.69, 9.17) is 23.2 Å². The maximum absolute atomic E-state index is 13.9. The third kappa shape index (κ3) is 6.18. The normalized spacial score (nSPS) is 12.2. The Morgan fingerprint density at radius 1 is 1.22 bits per heavy atom. The van der Waals surface area contributed by atoms with Crippen LogP contribution in [-0.2, 0) is 19.1 Å². The largest absolute Gasteiger partial charge is 0.416 e. The molecule has 2 aromatic carbocycles. The van der Waals surface area contributed by atoms with Gasteiger partial charge < -0.3 is 15.2 Å². The summed E-state index contributed by atoms with van der Waals surface area (Å²) in [5.41, 5.74) is 8.89. The van der Waals surface area contributed by atoms with E-state index in [1.54, 1.807) is 30.7 Å². The summed E-state index contributed by atoms with van der Waals surface area (Å²) in [6, 6.07) is 15.8. The van der Waals surface area contributed by atoms with Gasteiger partial charge in [-0.3, -0.25) is 0 Å². The van der Waals surface area contributed by atoms with Crippen LogP contribution < -0.4 is 10.6 Å². The van der Waals surface area contributed by atoms with Crippen LogP contribution in [0.3, 0.4) is 0 Å². The van der Waals surface area contributed by atoms with E-state index in [0.29, 0.717) is 25.1 Å². The summed E-state index contributed by atoms with van der Waals surface area (Å²) in [7, 11) is 0. The molecule has 5 nitrogen and oxygen atoms in total. The van der Waals surface area contributed by atoms with Crippen LogP contribution in [0.4, 0.5) is 18.2 Å². The zero-order valence-electron chi connectivity index (χ0n) is 19.9. The Balaban J connectivity index is 1.65. The highest BCUT2D eigenvalue weighted by molar-refractivity contribution is 7.80. The van der Waals surface area contributed by atoms with Crippen LogP contribution in [0.5, 0.6) is 0 Å². The predicted molar refractivity (Wildman–Crippen MR) is 144 cm³/mol. The minimum atomic E-state index is -4.55.